The third-order valence-corrected chi connectivity index (χ3v) is 6.60. The monoisotopic (exact) mass is 524 g/mol. The first kappa shape index (κ1) is 23.4. The van der Waals surface area contributed by atoms with Crippen molar-refractivity contribution in [1.29, 1.82) is 0 Å². The number of anilines is 1. The number of aromatic nitrogens is 1. The van der Waals surface area contributed by atoms with Crippen molar-refractivity contribution in [2.75, 3.05) is 12.0 Å². The molecule has 2 amide bonds. The van der Waals surface area contributed by atoms with Crippen LogP contribution < -0.4 is 9.64 Å². The summed E-state index contributed by atoms with van der Waals surface area (Å²) in [6.45, 7) is 0. The number of halogens is 1. The third-order valence-electron chi connectivity index (χ3n) is 6.36. The van der Waals surface area contributed by atoms with Crippen LogP contribution in [0.2, 0.25) is 5.02 Å². The van der Waals surface area contributed by atoms with Gasteiger partial charge in [0.25, 0.3) is 11.8 Å². The number of hydrogen-bond donors (Lipinski definition) is 1. The maximum absolute atomic E-state index is 13.3. The molecule has 0 saturated carbocycles. The number of fused-ring (bicyclic) bond motifs is 2. The lowest BCUT2D eigenvalue weighted by atomic mass is 10.0. The van der Waals surface area contributed by atoms with Crippen LogP contribution in [0.15, 0.2) is 83.3 Å². The standard InChI is InChI=1S/C29H17ClN2O6/c1-37-22-11-12-23-25(24(22)15-5-4-6-17(30)13-15)31-26(38-23)19-7-2-3-8-21(19)32-27(33)18-10-9-16(29(35)36)14-20(18)28(32)34/h2-14H,1H3,(H,35,36). The molecule has 1 aliphatic rings. The number of nitrogens with zero attached hydrogens (tertiary/aromatic N) is 2. The van der Waals surface area contributed by atoms with Crippen LogP contribution in [-0.4, -0.2) is 35.0 Å². The molecule has 0 aliphatic carbocycles. The molecule has 0 radical (unpaired) electrons. The van der Waals surface area contributed by atoms with Crippen molar-refractivity contribution in [3.8, 4) is 28.3 Å². The fourth-order valence-electron chi connectivity index (χ4n) is 4.63. The second-order valence-corrected chi connectivity index (χ2v) is 8.98. The molecule has 4 aromatic carbocycles. The second kappa shape index (κ2) is 8.86. The van der Waals surface area contributed by atoms with Gasteiger partial charge in [0.15, 0.2) is 5.58 Å². The van der Waals surface area contributed by atoms with Crippen LogP contribution in [-0.2, 0) is 0 Å². The van der Waals surface area contributed by atoms with E-state index in [1.165, 1.54) is 18.2 Å². The van der Waals surface area contributed by atoms with E-state index in [0.717, 1.165) is 10.5 Å². The lowest BCUT2D eigenvalue weighted by Gasteiger charge is -2.16. The highest BCUT2D eigenvalue weighted by Gasteiger charge is 2.38. The lowest BCUT2D eigenvalue weighted by Crippen LogP contribution is -2.29. The summed E-state index contributed by atoms with van der Waals surface area (Å²) in [5.74, 6) is -1.62. The number of benzene rings is 4. The summed E-state index contributed by atoms with van der Waals surface area (Å²) < 4.78 is 11.7. The van der Waals surface area contributed by atoms with Crippen LogP contribution in [0.1, 0.15) is 31.1 Å². The van der Waals surface area contributed by atoms with E-state index in [1.807, 2.05) is 12.1 Å². The molecular formula is C29H17ClN2O6. The number of hydrogen-bond acceptors (Lipinski definition) is 6. The van der Waals surface area contributed by atoms with Crippen molar-refractivity contribution in [2.24, 2.45) is 0 Å². The van der Waals surface area contributed by atoms with Gasteiger partial charge < -0.3 is 14.3 Å². The van der Waals surface area contributed by atoms with Gasteiger partial charge in [-0.2, -0.15) is 0 Å². The van der Waals surface area contributed by atoms with Crippen molar-refractivity contribution in [2.45, 2.75) is 0 Å². The maximum atomic E-state index is 13.3. The van der Waals surface area contributed by atoms with E-state index in [1.54, 1.807) is 55.6 Å². The quantitative estimate of drug-likeness (QED) is 0.268. The first-order valence-corrected chi connectivity index (χ1v) is 11.8. The number of methoxy groups -OCH3 is 1. The van der Waals surface area contributed by atoms with E-state index in [2.05, 4.69) is 0 Å². The first-order chi connectivity index (χ1) is 18.4. The van der Waals surface area contributed by atoms with Crippen molar-refractivity contribution in [3.63, 3.8) is 0 Å². The van der Waals surface area contributed by atoms with Gasteiger partial charge in [-0.15, -0.1) is 0 Å². The van der Waals surface area contributed by atoms with Gasteiger partial charge in [0, 0.05) is 5.02 Å². The van der Waals surface area contributed by atoms with E-state index in [4.69, 9.17) is 25.7 Å². The Balaban J connectivity index is 1.50. The number of carboxylic acid groups (broad SMARTS) is 1. The fraction of sp³-hybridized carbons (Fsp3) is 0.0345. The van der Waals surface area contributed by atoms with Crippen molar-refractivity contribution in [1.82, 2.24) is 4.98 Å². The molecule has 6 rings (SSSR count). The van der Waals surface area contributed by atoms with Crippen LogP contribution in [0, 0.1) is 0 Å². The van der Waals surface area contributed by atoms with Crippen LogP contribution in [0.25, 0.3) is 33.7 Å². The highest BCUT2D eigenvalue weighted by molar-refractivity contribution is 6.35. The predicted molar refractivity (Wildman–Crippen MR) is 141 cm³/mol. The van der Waals surface area contributed by atoms with Crippen molar-refractivity contribution in [3.05, 3.63) is 101 Å². The molecule has 8 nitrogen and oxygen atoms in total. The third kappa shape index (κ3) is 3.62. The Morgan fingerprint density at radius 3 is 2.47 bits per heavy atom. The molecule has 0 spiro atoms. The van der Waals surface area contributed by atoms with E-state index in [0.29, 0.717) is 33.0 Å². The predicted octanol–water partition coefficient (Wildman–Crippen LogP) is 6.32. The Labute approximate surface area is 220 Å². The summed E-state index contributed by atoms with van der Waals surface area (Å²) in [7, 11) is 1.56. The van der Waals surface area contributed by atoms with Crippen LogP contribution in [0.3, 0.4) is 0 Å². The summed E-state index contributed by atoms with van der Waals surface area (Å²) in [5, 5.41) is 9.87. The van der Waals surface area contributed by atoms with Gasteiger partial charge in [-0.25, -0.2) is 14.7 Å². The zero-order valence-corrected chi connectivity index (χ0v) is 20.5. The summed E-state index contributed by atoms with van der Waals surface area (Å²) in [4.78, 5) is 43.8. The number of oxazole rings is 1. The number of aromatic carboxylic acids is 1. The molecule has 0 unspecified atom stereocenters. The molecular weight excluding hydrogens is 508 g/mol. The average Bonchev–Trinajstić information content (AvgIpc) is 3.46. The summed E-state index contributed by atoms with van der Waals surface area (Å²) in [6, 6.07) is 21.4. The number of rotatable bonds is 5. The lowest BCUT2D eigenvalue weighted by molar-refractivity contribution is 0.0696. The highest BCUT2D eigenvalue weighted by atomic mass is 35.5. The number of carbonyl (C=O) groups excluding carboxylic acids is 2. The minimum atomic E-state index is -1.19. The van der Waals surface area contributed by atoms with Gasteiger partial charge in [-0.05, 0) is 60.2 Å². The smallest absolute Gasteiger partial charge is 0.335 e. The van der Waals surface area contributed by atoms with E-state index in [-0.39, 0.29) is 28.3 Å². The summed E-state index contributed by atoms with van der Waals surface area (Å²) >= 11 is 6.24. The molecule has 5 aromatic rings. The molecule has 2 heterocycles. The minimum absolute atomic E-state index is 0.0234. The van der Waals surface area contributed by atoms with Gasteiger partial charge in [0.2, 0.25) is 5.89 Å². The fourth-order valence-corrected chi connectivity index (χ4v) is 4.82. The molecule has 38 heavy (non-hydrogen) atoms. The Morgan fingerprint density at radius 1 is 0.921 bits per heavy atom. The molecule has 186 valence electrons. The van der Waals surface area contributed by atoms with E-state index in [9.17, 15) is 19.5 Å². The normalized spacial score (nSPS) is 12.7. The van der Waals surface area contributed by atoms with Gasteiger partial charge in [-0.1, -0.05) is 35.9 Å². The number of ether oxygens (including phenoxy) is 1. The zero-order chi connectivity index (χ0) is 26.6. The molecule has 0 bridgehead atoms. The average molecular weight is 525 g/mol. The van der Waals surface area contributed by atoms with Gasteiger partial charge >= 0.3 is 5.97 Å². The molecule has 1 aliphatic heterocycles. The number of carbonyl (C=O) groups is 3. The van der Waals surface area contributed by atoms with Crippen LogP contribution in [0.5, 0.6) is 5.75 Å². The summed E-state index contributed by atoms with van der Waals surface area (Å²) in [5.41, 5.74) is 3.19. The zero-order valence-electron chi connectivity index (χ0n) is 19.8. The Bertz CT molecular complexity index is 1810. The SMILES string of the molecule is COc1ccc2oc(-c3ccccc3N3C(=O)c4ccc(C(=O)O)cc4C3=O)nc2c1-c1cccc(Cl)c1. The Kier molecular flexibility index (Phi) is 5.47. The Hall–Kier alpha value is -4.95. The molecule has 0 atom stereocenters. The van der Waals surface area contributed by atoms with Gasteiger partial charge in [0.05, 0.1) is 40.6 Å². The van der Waals surface area contributed by atoms with E-state index < -0.39 is 17.8 Å². The van der Waals surface area contributed by atoms with Crippen LogP contribution >= 0.6 is 11.6 Å². The number of amides is 2. The largest absolute Gasteiger partial charge is 0.496 e. The molecule has 9 heteroatoms. The molecule has 0 fully saturated rings. The highest BCUT2D eigenvalue weighted by Crippen LogP contribution is 2.41. The van der Waals surface area contributed by atoms with Crippen LogP contribution in [0.4, 0.5) is 5.69 Å². The van der Waals surface area contributed by atoms with Crippen molar-refractivity contribution >= 4 is 46.2 Å². The molecule has 0 saturated heterocycles. The van der Waals surface area contributed by atoms with Gasteiger partial charge in [-0.3, -0.25) is 9.59 Å². The second-order valence-electron chi connectivity index (χ2n) is 8.55. The van der Waals surface area contributed by atoms with Crippen molar-refractivity contribution < 1.29 is 28.6 Å². The molecule has 1 aromatic heterocycles. The first-order valence-electron chi connectivity index (χ1n) is 11.5. The van der Waals surface area contributed by atoms with Gasteiger partial charge in [0.1, 0.15) is 11.3 Å². The summed E-state index contributed by atoms with van der Waals surface area (Å²) in [6.07, 6.45) is 0. The minimum Gasteiger partial charge on any atom is -0.496 e. The number of imide groups is 1. The number of para-hydroxylation sites is 1. The maximum Gasteiger partial charge on any atom is 0.335 e. The topological polar surface area (TPSA) is 110 Å². The Morgan fingerprint density at radius 2 is 1.71 bits per heavy atom. The molecule has 1 N–H and O–H groups in total. The van der Waals surface area contributed by atoms with E-state index >= 15 is 0 Å². The number of carboxylic acids is 1.